The molecular weight excluding hydrogens is 641 g/mol. The molecule has 1 aliphatic carbocycles. The Kier molecular flexibility index (Phi) is 8.93. The normalized spacial score (nSPS) is 19.5. The Morgan fingerprint density at radius 2 is 1.88 bits per heavy atom. The zero-order valence-electron chi connectivity index (χ0n) is 28.9. The van der Waals surface area contributed by atoms with E-state index in [4.69, 9.17) is 20.4 Å². The Morgan fingerprint density at radius 3 is 2.48 bits per heavy atom. The number of anilines is 2. The fraction of sp³-hybridized carbons (Fsp3) is 0.487. The van der Waals surface area contributed by atoms with Crippen LogP contribution in [0.3, 0.4) is 0 Å². The van der Waals surface area contributed by atoms with Gasteiger partial charge >= 0.3 is 6.18 Å². The molecule has 0 atom stereocenters. The molecule has 3 saturated heterocycles. The fourth-order valence-electron chi connectivity index (χ4n) is 8.18. The van der Waals surface area contributed by atoms with E-state index in [2.05, 4.69) is 28.7 Å². The third kappa shape index (κ3) is 6.15. The number of fused-ring (bicyclic) bond motifs is 1. The van der Waals surface area contributed by atoms with Crippen LogP contribution in [0.25, 0.3) is 28.1 Å². The van der Waals surface area contributed by atoms with Gasteiger partial charge in [-0.2, -0.15) is 13.2 Å². The first-order valence-corrected chi connectivity index (χ1v) is 17.7. The maximum Gasteiger partial charge on any atom is 0.422 e. The Hall–Kier alpha value is -4.34. The third-order valence-corrected chi connectivity index (χ3v) is 11.3. The number of piperidine rings is 1. The van der Waals surface area contributed by atoms with Gasteiger partial charge in [-0.3, -0.25) is 9.69 Å². The van der Waals surface area contributed by atoms with Crippen LogP contribution in [0.1, 0.15) is 67.5 Å². The predicted molar refractivity (Wildman–Crippen MR) is 191 cm³/mol. The largest absolute Gasteiger partial charge is 0.481 e. The Bertz CT molecular complexity index is 1880. The summed E-state index contributed by atoms with van der Waals surface area (Å²) < 4.78 is 47.8. The Balaban J connectivity index is 1.38. The van der Waals surface area contributed by atoms with Crippen molar-refractivity contribution in [2.24, 2.45) is 5.41 Å². The first-order chi connectivity index (χ1) is 23.9. The summed E-state index contributed by atoms with van der Waals surface area (Å²) in [5.41, 5.74) is 13.7. The minimum absolute atomic E-state index is 0.0441. The molecule has 2 aromatic carbocycles. The van der Waals surface area contributed by atoms with Gasteiger partial charge in [0, 0.05) is 78.8 Å². The third-order valence-electron chi connectivity index (χ3n) is 11.3. The molecule has 1 aromatic heterocycles. The van der Waals surface area contributed by atoms with Crippen LogP contribution in [-0.2, 0) is 11.2 Å². The van der Waals surface area contributed by atoms with Crippen molar-refractivity contribution < 1.29 is 22.7 Å². The van der Waals surface area contributed by atoms with Crippen molar-refractivity contribution in [1.29, 1.82) is 0 Å². The second-order valence-corrected chi connectivity index (χ2v) is 14.5. The summed E-state index contributed by atoms with van der Waals surface area (Å²) >= 11 is 0. The summed E-state index contributed by atoms with van der Waals surface area (Å²) in [5, 5.41) is 0.678. The summed E-state index contributed by atoms with van der Waals surface area (Å²) in [6.45, 7) is 14.3. The fourth-order valence-corrected chi connectivity index (χ4v) is 8.18. The van der Waals surface area contributed by atoms with E-state index in [9.17, 15) is 18.0 Å². The minimum Gasteiger partial charge on any atom is -0.481 e. The van der Waals surface area contributed by atoms with Crippen molar-refractivity contribution in [2.75, 3.05) is 56.5 Å². The van der Waals surface area contributed by atoms with Crippen LogP contribution < -0.4 is 15.4 Å². The number of nitrogens with two attached hydrogens (primary N) is 1. The molecule has 0 unspecified atom stereocenters. The smallest absolute Gasteiger partial charge is 0.422 e. The van der Waals surface area contributed by atoms with Crippen molar-refractivity contribution in [3.8, 4) is 16.9 Å². The summed E-state index contributed by atoms with van der Waals surface area (Å²) in [4.78, 5) is 29.1. The van der Waals surface area contributed by atoms with Crippen molar-refractivity contribution in [2.45, 2.75) is 70.5 Å². The molecule has 0 bridgehead atoms. The number of rotatable bonds is 9. The highest BCUT2D eigenvalue weighted by Crippen LogP contribution is 2.48. The molecule has 2 N–H and O–H groups in total. The molecule has 0 radical (unpaired) electrons. The summed E-state index contributed by atoms with van der Waals surface area (Å²) in [7, 11) is 0. The average Bonchev–Trinajstić information content (AvgIpc) is 3.03. The maximum absolute atomic E-state index is 14.0. The molecule has 3 aliphatic heterocycles. The lowest BCUT2D eigenvalue weighted by molar-refractivity contribution is -0.153. The number of carbonyl (C=O) groups excluding carboxylic acids is 1. The van der Waals surface area contributed by atoms with E-state index in [0.29, 0.717) is 77.7 Å². The van der Waals surface area contributed by atoms with E-state index in [0.717, 1.165) is 42.9 Å². The second-order valence-electron chi connectivity index (χ2n) is 14.5. The van der Waals surface area contributed by atoms with Crippen LogP contribution in [0, 0.1) is 12.3 Å². The SMILES string of the molecule is C=C=Cc1c(N)ccc(C)c1-c1c(CC)cc2c(N3CCC4(CC3)CN(C(=O)C=C)C4)nc(C3CN(C4CCC4)C3)nc2c1OCC(F)(F)F. The number of likely N-dealkylation sites (tertiary alicyclic amines) is 2. The predicted octanol–water partition coefficient (Wildman–Crippen LogP) is 7.06. The lowest BCUT2D eigenvalue weighted by Gasteiger charge is -2.54. The van der Waals surface area contributed by atoms with Gasteiger partial charge in [0.25, 0.3) is 0 Å². The van der Waals surface area contributed by atoms with Gasteiger partial charge in [-0.05, 0) is 80.0 Å². The molecule has 4 heterocycles. The first-order valence-electron chi connectivity index (χ1n) is 17.7. The molecule has 4 fully saturated rings. The van der Waals surface area contributed by atoms with Crippen LogP contribution in [0.2, 0.25) is 0 Å². The lowest BCUT2D eigenvalue weighted by atomic mass is 9.72. The number of amides is 1. The number of ether oxygens (including phenoxy) is 1. The monoisotopic (exact) mass is 686 g/mol. The number of aryl methyl sites for hydroxylation is 2. The van der Waals surface area contributed by atoms with E-state index >= 15 is 0 Å². The number of hydrogen-bond donors (Lipinski definition) is 1. The van der Waals surface area contributed by atoms with Crippen molar-refractivity contribution in [1.82, 2.24) is 19.8 Å². The highest BCUT2D eigenvalue weighted by atomic mass is 19.4. The highest BCUT2D eigenvalue weighted by Gasteiger charge is 2.47. The topological polar surface area (TPSA) is 87.8 Å². The zero-order valence-corrected chi connectivity index (χ0v) is 28.9. The second kappa shape index (κ2) is 13.1. The number of hydrogen-bond acceptors (Lipinski definition) is 7. The quantitative estimate of drug-likeness (QED) is 0.147. The van der Waals surface area contributed by atoms with Crippen molar-refractivity contribution in [3.05, 3.63) is 65.7 Å². The summed E-state index contributed by atoms with van der Waals surface area (Å²) in [6, 6.07) is 6.28. The molecule has 4 aliphatic rings. The Morgan fingerprint density at radius 1 is 1.16 bits per heavy atom. The minimum atomic E-state index is -4.57. The molecular formula is C39H45F3N6O2. The van der Waals surface area contributed by atoms with E-state index in [-0.39, 0.29) is 23.0 Å². The van der Waals surface area contributed by atoms with Gasteiger partial charge in [-0.1, -0.05) is 32.6 Å². The zero-order chi connectivity index (χ0) is 35.4. The molecule has 3 aromatic rings. The van der Waals surface area contributed by atoms with Crippen molar-refractivity contribution >= 4 is 34.4 Å². The number of halogens is 3. The van der Waals surface area contributed by atoms with Gasteiger partial charge in [-0.15, -0.1) is 5.73 Å². The number of carbonyl (C=O) groups is 1. The molecule has 11 heteroatoms. The molecule has 1 amide bonds. The number of benzene rings is 2. The number of aromatic nitrogens is 2. The Labute approximate surface area is 291 Å². The number of nitrogen functional groups attached to an aromatic ring is 1. The summed E-state index contributed by atoms with van der Waals surface area (Å²) in [6.07, 6.45) is 4.38. The van der Waals surface area contributed by atoms with E-state index in [1.54, 1.807) is 12.1 Å². The van der Waals surface area contributed by atoms with E-state index in [1.165, 1.54) is 25.3 Å². The van der Waals surface area contributed by atoms with Crippen LogP contribution in [-0.4, -0.2) is 83.8 Å². The van der Waals surface area contributed by atoms with Gasteiger partial charge in [0.05, 0.1) is 0 Å². The first kappa shape index (κ1) is 34.1. The summed E-state index contributed by atoms with van der Waals surface area (Å²) in [5.74, 6) is 1.48. The van der Waals surface area contributed by atoms with Crippen LogP contribution in [0.15, 0.2) is 43.2 Å². The van der Waals surface area contributed by atoms with Gasteiger partial charge < -0.3 is 20.3 Å². The standard InChI is InChI=1S/C39H45F3N6O2/c1-5-9-28-30(43)13-12-24(4)32(28)33-25(6-2)18-29-34(35(33)50-23-39(40,41)42)44-36(26-19-47(20-26)27-10-8-11-27)45-37(29)46-16-14-38(15-17-46)21-48(22-38)31(49)7-3/h7,9,12-13,18,26-27H,1,3,6,8,10-11,14-17,19-23,43H2,2,4H3. The van der Waals surface area contributed by atoms with Gasteiger partial charge in [-0.25, -0.2) is 9.97 Å². The van der Waals surface area contributed by atoms with Crippen LogP contribution in [0.5, 0.6) is 5.75 Å². The molecule has 50 heavy (non-hydrogen) atoms. The molecule has 7 rings (SSSR count). The van der Waals surface area contributed by atoms with Gasteiger partial charge in [0.2, 0.25) is 5.91 Å². The highest BCUT2D eigenvalue weighted by molar-refractivity contribution is 6.02. The van der Waals surface area contributed by atoms with Crippen LogP contribution in [0.4, 0.5) is 24.7 Å². The van der Waals surface area contributed by atoms with Gasteiger partial charge in [0.15, 0.2) is 12.4 Å². The number of nitrogens with zero attached hydrogens (tertiary/aromatic N) is 5. The van der Waals surface area contributed by atoms with E-state index in [1.807, 2.05) is 30.9 Å². The lowest BCUT2D eigenvalue weighted by Crippen LogP contribution is -2.61. The van der Waals surface area contributed by atoms with Gasteiger partial charge in [0.1, 0.15) is 17.2 Å². The maximum atomic E-state index is 14.0. The number of alkyl halides is 3. The van der Waals surface area contributed by atoms with E-state index < -0.39 is 12.8 Å². The molecule has 1 spiro atoms. The van der Waals surface area contributed by atoms with Crippen LogP contribution >= 0.6 is 0 Å². The molecule has 264 valence electrons. The van der Waals surface area contributed by atoms with Crippen molar-refractivity contribution in [3.63, 3.8) is 0 Å². The molecule has 8 nitrogen and oxygen atoms in total. The molecule has 1 saturated carbocycles. The average molecular weight is 687 g/mol.